The van der Waals surface area contributed by atoms with E-state index < -0.39 is 0 Å². The van der Waals surface area contributed by atoms with Gasteiger partial charge in [-0.2, -0.15) is 0 Å². The quantitative estimate of drug-likeness (QED) is 0.414. The van der Waals surface area contributed by atoms with E-state index in [2.05, 4.69) is 0 Å². The van der Waals surface area contributed by atoms with Crippen LogP contribution in [0.3, 0.4) is 0 Å². The van der Waals surface area contributed by atoms with E-state index in [-0.39, 0.29) is 18.2 Å². The van der Waals surface area contributed by atoms with Crippen LogP contribution in [-0.4, -0.2) is 15.2 Å². The van der Waals surface area contributed by atoms with Gasteiger partial charge in [-0.15, -0.1) is 0 Å². The van der Waals surface area contributed by atoms with E-state index in [1.165, 1.54) is 0 Å². The molecule has 0 unspecified atom stereocenters. The number of aliphatic hydroxyl groups excluding tert-OH is 2. The van der Waals surface area contributed by atoms with Gasteiger partial charge in [0.25, 0.3) is 0 Å². The number of anilines is 1. The van der Waals surface area contributed by atoms with Crippen molar-refractivity contribution in [3.63, 3.8) is 0 Å². The minimum atomic E-state index is -0.175. The van der Waals surface area contributed by atoms with E-state index >= 15 is 0 Å². The van der Waals surface area contributed by atoms with E-state index in [4.69, 9.17) is 33.9 Å². The van der Waals surface area contributed by atoms with E-state index in [9.17, 15) is 0 Å². The summed E-state index contributed by atoms with van der Waals surface area (Å²) in [4.78, 5) is 0.182. The highest BCUT2D eigenvalue weighted by Gasteiger charge is 2.08. The van der Waals surface area contributed by atoms with Crippen LogP contribution in [0.15, 0.2) is 12.1 Å². The van der Waals surface area contributed by atoms with Gasteiger partial charge in [0.05, 0.1) is 13.2 Å². The van der Waals surface area contributed by atoms with E-state index in [1.807, 2.05) is 0 Å². The molecule has 0 aliphatic carbocycles. The second-order valence-corrected chi connectivity index (χ2v) is 3.33. The summed E-state index contributed by atoms with van der Waals surface area (Å²) < 4.78 is 0. The fourth-order valence-electron chi connectivity index (χ4n) is 1.22. The topological polar surface area (TPSA) is 92.5 Å². The summed E-state index contributed by atoms with van der Waals surface area (Å²) in [7, 11) is 0. The van der Waals surface area contributed by atoms with Gasteiger partial charge in [0.2, 0.25) is 0 Å². The summed E-state index contributed by atoms with van der Waals surface area (Å²) in [6.45, 7) is -0.344. The minimum absolute atomic E-state index is 0.169. The van der Waals surface area contributed by atoms with Crippen LogP contribution in [0.4, 0.5) is 5.69 Å². The van der Waals surface area contributed by atoms with Gasteiger partial charge in [-0.05, 0) is 23.3 Å². The molecule has 4 nitrogen and oxygen atoms in total. The molecule has 0 aliphatic heterocycles. The molecular formula is C9H12N2O2S. The van der Waals surface area contributed by atoms with E-state index in [1.54, 1.807) is 12.1 Å². The first-order valence-electron chi connectivity index (χ1n) is 4.03. The lowest BCUT2D eigenvalue weighted by Gasteiger charge is -2.10. The molecule has 76 valence electrons. The number of rotatable bonds is 3. The highest BCUT2D eigenvalue weighted by Crippen LogP contribution is 2.19. The second kappa shape index (κ2) is 4.36. The molecule has 0 saturated heterocycles. The molecule has 1 rings (SSSR count). The minimum Gasteiger partial charge on any atom is -0.398 e. The molecule has 5 heteroatoms. The maximum atomic E-state index is 9.01. The standard InChI is InChI=1S/C9H12N2O2S/c10-8-2-6(4-13)5(3-12)1-7(8)9(11)14/h1-2,12-13H,3-4,10H2,(H2,11,14). The van der Waals surface area contributed by atoms with Crippen LogP contribution < -0.4 is 11.5 Å². The molecule has 14 heavy (non-hydrogen) atoms. The van der Waals surface area contributed by atoms with Crippen LogP contribution in [-0.2, 0) is 13.2 Å². The molecule has 0 spiro atoms. The van der Waals surface area contributed by atoms with Gasteiger partial charge >= 0.3 is 0 Å². The molecule has 0 fully saturated rings. The molecule has 1 aromatic rings. The van der Waals surface area contributed by atoms with E-state index in [0.29, 0.717) is 22.4 Å². The number of nitrogen functional groups attached to an aromatic ring is 1. The van der Waals surface area contributed by atoms with Crippen molar-refractivity contribution in [3.05, 3.63) is 28.8 Å². The van der Waals surface area contributed by atoms with Gasteiger partial charge in [0, 0.05) is 11.3 Å². The van der Waals surface area contributed by atoms with E-state index in [0.717, 1.165) is 0 Å². The van der Waals surface area contributed by atoms with Gasteiger partial charge in [0.15, 0.2) is 0 Å². The van der Waals surface area contributed by atoms with Crippen LogP contribution in [0.1, 0.15) is 16.7 Å². The highest BCUT2D eigenvalue weighted by atomic mass is 32.1. The van der Waals surface area contributed by atoms with Crippen molar-refractivity contribution in [2.24, 2.45) is 5.73 Å². The van der Waals surface area contributed by atoms with Gasteiger partial charge in [-0.25, -0.2) is 0 Å². The van der Waals surface area contributed by atoms with Crippen molar-refractivity contribution in [1.29, 1.82) is 0 Å². The summed E-state index contributed by atoms with van der Waals surface area (Å²) in [6.07, 6.45) is 0. The second-order valence-electron chi connectivity index (χ2n) is 2.89. The number of hydrogen-bond donors (Lipinski definition) is 4. The first kappa shape index (κ1) is 10.9. The zero-order chi connectivity index (χ0) is 10.7. The average molecular weight is 212 g/mol. The first-order valence-corrected chi connectivity index (χ1v) is 4.43. The monoisotopic (exact) mass is 212 g/mol. The predicted molar refractivity (Wildman–Crippen MR) is 58.6 cm³/mol. The molecule has 6 N–H and O–H groups in total. The molecular weight excluding hydrogens is 200 g/mol. The lowest BCUT2D eigenvalue weighted by atomic mass is 10.0. The molecule has 0 aromatic heterocycles. The SMILES string of the molecule is NC(=S)c1cc(CO)c(CO)cc1N. The third kappa shape index (κ3) is 2.01. The summed E-state index contributed by atoms with van der Waals surface area (Å²) in [5, 5.41) is 18.0. The van der Waals surface area contributed by atoms with Crippen LogP contribution in [0, 0.1) is 0 Å². The van der Waals surface area contributed by atoms with Crippen molar-refractivity contribution in [3.8, 4) is 0 Å². The van der Waals surface area contributed by atoms with Crippen LogP contribution in [0.25, 0.3) is 0 Å². The molecule has 1 aromatic carbocycles. The Morgan fingerprint density at radius 3 is 2.14 bits per heavy atom. The van der Waals surface area contributed by atoms with Crippen molar-refractivity contribution in [2.75, 3.05) is 5.73 Å². The number of nitrogens with two attached hydrogens (primary N) is 2. The highest BCUT2D eigenvalue weighted by molar-refractivity contribution is 7.80. The van der Waals surface area contributed by atoms with Crippen LogP contribution in [0.5, 0.6) is 0 Å². The fourth-order valence-corrected chi connectivity index (χ4v) is 1.39. The largest absolute Gasteiger partial charge is 0.398 e. The lowest BCUT2D eigenvalue weighted by Crippen LogP contribution is -2.13. The zero-order valence-corrected chi connectivity index (χ0v) is 8.34. The molecule has 0 aliphatic rings. The smallest absolute Gasteiger partial charge is 0.106 e. The van der Waals surface area contributed by atoms with Crippen LogP contribution >= 0.6 is 12.2 Å². The third-order valence-corrected chi connectivity index (χ3v) is 2.20. The molecule has 0 amide bonds. The Morgan fingerprint density at radius 1 is 1.21 bits per heavy atom. The normalized spacial score (nSPS) is 10.1. The van der Waals surface area contributed by atoms with Gasteiger partial charge in [-0.3, -0.25) is 0 Å². The molecule has 0 atom stereocenters. The fraction of sp³-hybridized carbons (Fsp3) is 0.222. The Bertz CT molecular complexity index is 366. The maximum absolute atomic E-state index is 9.01. The van der Waals surface area contributed by atoms with Crippen molar-refractivity contribution in [2.45, 2.75) is 13.2 Å². The molecule has 0 saturated carbocycles. The summed E-state index contributed by atoms with van der Waals surface area (Å²) in [5.41, 5.74) is 13.2. The number of aliphatic hydroxyl groups is 2. The first-order chi connectivity index (χ1) is 6.60. The molecule has 0 bridgehead atoms. The number of thiocarbonyl (C=S) groups is 1. The summed E-state index contributed by atoms with van der Waals surface area (Å²) in [5.74, 6) is 0. The Labute approximate surface area is 87.2 Å². The summed E-state index contributed by atoms with van der Waals surface area (Å²) in [6, 6.07) is 3.17. The maximum Gasteiger partial charge on any atom is 0.106 e. The Balaban J connectivity index is 3.30. The molecule has 0 radical (unpaired) electrons. The Hall–Kier alpha value is -1.17. The van der Waals surface area contributed by atoms with Crippen molar-refractivity contribution in [1.82, 2.24) is 0 Å². The predicted octanol–water partition coefficient (Wildman–Crippen LogP) is -0.112. The van der Waals surface area contributed by atoms with Gasteiger partial charge < -0.3 is 21.7 Å². The van der Waals surface area contributed by atoms with Crippen LogP contribution in [0.2, 0.25) is 0 Å². The average Bonchev–Trinajstić information content (AvgIpc) is 2.16. The lowest BCUT2D eigenvalue weighted by molar-refractivity contribution is 0.260. The zero-order valence-electron chi connectivity index (χ0n) is 7.53. The Kier molecular flexibility index (Phi) is 3.40. The van der Waals surface area contributed by atoms with Crippen molar-refractivity contribution >= 4 is 22.9 Å². The van der Waals surface area contributed by atoms with Gasteiger partial charge in [-0.1, -0.05) is 12.2 Å². The Morgan fingerprint density at radius 2 is 1.71 bits per heavy atom. The van der Waals surface area contributed by atoms with Crippen molar-refractivity contribution < 1.29 is 10.2 Å². The number of benzene rings is 1. The molecule has 0 heterocycles. The van der Waals surface area contributed by atoms with Gasteiger partial charge in [0.1, 0.15) is 4.99 Å². The third-order valence-electron chi connectivity index (χ3n) is 1.98. The summed E-state index contributed by atoms with van der Waals surface area (Å²) >= 11 is 4.79. The number of hydrogen-bond acceptors (Lipinski definition) is 4.